The van der Waals surface area contributed by atoms with Crippen molar-refractivity contribution in [1.29, 1.82) is 0 Å². The van der Waals surface area contributed by atoms with Crippen LogP contribution in [-0.2, 0) is 14.3 Å². The van der Waals surface area contributed by atoms with Crippen LogP contribution in [0.25, 0.3) is 11.1 Å². The lowest BCUT2D eigenvalue weighted by Crippen LogP contribution is -2.46. The lowest BCUT2D eigenvalue weighted by Gasteiger charge is -2.29. The molecule has 1 aliphatic carbocycles. The van der Waals surface area contributed by atoms with E-state index in [9.17, 15) is 19.5 Å². The SMILES string of the molecule is CCCC[C@H](CC(=O)N(CC(=O)O)C(C)CC)NC(=O)OCC1c2ccccc2-c2ccccc21. The second kappa shape index (κ2) is 12.4. The maximum atomic E-state index is 12.9. The molecule has 0 heterocycles. The summed E-state index contributed by atoms with van der Waals surface area (Å²) in [5, 5.41) is 12.1. The van der Waals surface area contributed by atoms with Crippen molar-refractivity contribution in [3.63, 3.8) is 0 Å². The van der Waals surface area contributed by atoms with Gasteiger partial charge in [-0.3, -0.25) is 9.59 Å². The van der Waals surface area contributed by atoms with Crippen molar-refractivity contribution in [2.75, 3.05) is 13.2 Å². The van der Waals surface area contributed by atoms with Crippen LogP contribution in [0.3, 0.4) is 0 Å². The van der Waals surface area contributed by atoms with E-state index < -0.39 is 18.1 Å². The molecule has 0 fully saturated rings. The number of ether oxygens (including phenoxy) is 1. The molecule has 2 N–H and O–H groups in total. The second-order valence-corrected chi connectivity index (χ2v) is 9.19. The van der Waals surface area contributed by atoms with Crippen LogP contribution < -0.4 is 5.32 Å². The fourth-order valence-electron chi connectivity index (χ4n) is 4.67. The predicted octanol–water partition coefficient (Wildman–Crippen LogP) is 5.19. The number of hydrogen-bond donors (Lipinski definition) is 2. The number of aliphatic carboxylic acids is 1. The second-order valence-electron chi connectivity index (χ2n) is 9.19. The van der Waals surface area contributed by atoms with Gasteiger partial charge in [0.05, 0.1) is 0 Å². The van der Waals surface area contributed by atoms with Crippen LogP contribution in [-0.4, -0.2) is 53.2 Å². The Morgan fingerprint density at radius 1 is 1.03 bits per heavy atom. The Bertz CT molecular complexity index is 992. The highest BCUT2D eigenvalue weighted by Crippen LogP contribution is 2.44. The van der Waals surface area contributed by atoms with Crippen molar-refractivity contribution in [2.24, 2.45) is 0 Å². The Morgan fingerprint density at radius 3 is 2.17 bits per heavy atom. The van der Waals surface area contributed by atoms with Crippen molar-refractivity contribution in [2.45, 2.75) is 70.9 Å². The first-order valence-electron chi connectivity index (χ1n) is 12.5. The summed E-state index contributed by atoms with van der Waals surface area (Å²) in [6, 6.07) is 15.7. The summed E-state index contributed by atoms with van der Waals surface area (Å²) in [6.07, 6.45) is 2.51. The maximum absolute atomic E-state index is 12.9. The molecule has 7 nitrogen and oxygen atoms in total. The number of nitrogens with one attached hydrogen (secondary N) is 1. The molecule has 35 heavy (non-hydrogen) atoms. The molecule has 2 aromatic carbocycles. The first kappa shape index (κ1) is 26.3. The average Bonchev–Trinajstić information content (AvgIpc) is 3.17. The number of benzene rings is 2. The van der Waals surface area contributed by atoms with Gasteiger partial charge in [-0.05, 0) is 42.0 Å². The van der Waals surface area contributed by atoms with Crippen LogP contribution in [0.15, 0.2) is 48.5 Å². The molecular formula is C28H36N2O5. The van der Waals surface area contributed by atoms with Gasteiger partial charge in [-0.2, -0.15) is 0 Å². The Balaban J connectivity index is 1.65. The number of alkyl carbamates (subject to hydrolysis) is 1. The third-order valence-electron chi connectivity index (χ3n) is 6.74. The summed E-state index contributed by atoms with van der Waals surface area (Å²) >= 11 is 0. The van der Waals surface area contributed by atoms with Crippen molar-refractivity contribution in [1.82, 2.24) is 10.2 Å². The molecule has 2 amide bonds. The van der Waals surface area contributed by atoms with Crippen LogP contribution in [0, 0.1) is 0 Å². The van der Waals surface area contributed by atoms with Crippen LogP contribution >= 0.6 is 0 Å². The Morgan fingerprint density at radius 2 is 1.63 bits per heavy atom. The van der Waals surface area contributed by atoms with E-state index in [-0.39, 0.29) is 37.4 Å². The van der Waals surface area contributed by atoms with Crippen molar-refractivity contribution >= 4 is 18.0 Å². The zero-order chi connectivity index (χ0) is 25.4. The van der Waals surface area contributed by atoms with Gasteiger partial charge in [0.25, 0.3) is 0 Å². The largest absolute Gasteiger partial charge is 0.480 e. The van der Waals surface area contributed by atoms with Gasteiger partial charge in [0, 0.05) is 24.4 Å². The van der Waals surface area contributed by atoms with E-state index in [1.807, 2.05) is 45.0 Å². The first-order valence-corrected chi connectivity index (χ1v) is 12.5. The third kappa shape index (κ3) is 6.62. The maximum Gasteiger partial charge on any atom is 0.407 e. The fraction of sp³-hybridized carbons (Fsp3) is 0.464. The van der Waals surface area contributed by atoms with Gasteiger partial charge in [0.1, 0.15) is 13.2 Å². The van der Waals surface area contributed by atoms with E-state index in [1.165, 1.54) is 4.90 Å². The van der Waals surface area contributed by atoms with Gasteiger partial charge >= 0.3 is 12.1 Å². The summed E-state index contributed by atoms with van der Waals surface area (Å²) in [4.78, 5) is 38.4. The highest BCUT2D eigenvalue weighted by atomic mass is 16.5. The Labute approximate surface area is 207 Å². The van der Waals surface area contributed by atoms with E-state index in [1.54, 1.807) is 0 Å². The zero-order valence-corrected chi connectivity index (χ0v) is 20.8. The monoisotopic (exact) mass is 480 g/mol. The molecular weight excluding hydrogens is 444 g/mol. The number of carbonyl (C=O) groups is 3. The minimum absolute atomic E-state index is 0.0414. The molecule has 0 spiro atoms. The highest BCUT2D eigenvalue weighted by Gasteiger charge is 2.30. The third-order valence-corrected chi connectivity index (χ3v) is 6.74. The summed E-state index contributed by atoms with van der Waals surface area (Å²) < 4.78 is 5.66. The smallest absolute Gasteiger partial charge is 0.407 e. The molecule has 0 saturated heterocycles. The number of nitrogens with zero attached hydrogens (tertiary/aromatic N) is 1. The van der Waals surface area contributed by atoms with Gasteiger partial charge in [-0.15, -0.1) is 0 Å². The van der Waals surface area contributed by atoms with E-state index in [0.717, 1.165) is 35.1 Å². The molecule has 0 radical (unpaired) electrons. The van der Waals surface area contributed by atoms with Gasteiger partial charge in [0.15, 0.2) is 0 Å². The number of carboxylic acid groups (broad SMARTS) is 1. The first-order chi connectivity index (χ1) is 16.8. The van der Waals surface area contributed by atoms with Crippen LogP contribution in [0.2, 0.25) is 0 Å². The normalized spacial score (nSPS) is 13.9. The fourth-order valence-corrected chi connectivity index (χ4v) is 4.67. The van der Waals surface area contributed by atoms with Crippen LogP contribution in [0.4, 0.5) is 4.79 Å². The number of fused-ring (bicyclic) bond motifs is 3. The Hall–Kier alpha value is -3.35. The van der Waals surface area contributed by atoms with E-state index in [2.05, 4.69) is 29.6 Å². The molecule has 1 unspecified atom stereocenters. The summed E-state index contributed by atoms with van der Waals surface area (Å²) in [5.41, 5.74) is 4.59. The summed E-state index contributed by atoms with van der Waals surface area (Å²) in [5.74, 6) is -1.37. The van der Waals surface area contributed by atoms with E-state index >= 15 is 0 Å². The molecule has 3 rings (SSSR count). The number of hydrogen-bond acceptors (Lipinski definition) is 4. The number of carboxylic acids is 1. The number of rotatable bonds is 12. The molecule has 0 saturated carbocycles. The Kier molecular flexibility index (Phi) is 9.29. The minimum atomic E-state index is -1.05. The molecule has 188 valence electrons. The van der Waals surface area contributed by atoms with Gasteiger partial charge in [-0.1, -0.05) is 75.2 Å². The van der Waals surface area contributed by atoms with Crippen molar-refractivity contribution in [3.05, 3.63) is 59.7 Å². The number of amides is 2. The summed E-state index contributed by atoms with van der Waals surface area (Å²) in [7, 11) is 0. The predicted molar refractivity (Wildman–Crippen MR) is 135 cm³/mol. The van der Waals surface area contributed by atoms with E-state index in [4.69, 9.17) is 4.74 Å². The molecule has 0 aromatic heterocycles. The molecule has 0 aliphatic heterocycles. The summed E-state index contributed by atoms with van der Waals surface area (Å²) in [6.45, 7) is 5.64. The molecule has 0 bridgehead atoms. The van der Waals surface area contributed by atoms with Gasteiger partial charge < -0.3 is 20.1 Å². The van der Waals surface area contributed by atoms with Gasteiger partial charge in [0.2, 0.25) is 5.91 Å². The van der Waals surface area contributed by atoms with Crippen molar-refractivity contribution in [3.8, 4) is 11.1 Å². The molecule has 7 heteroatoms. The number of carbonyl (C=O) groups excluding carboxylic acids is 2. The molecule has 2 atom stereocenters. The quantitative estimate of drug-likeness (QED) is 0.436. The minimum Gasteiger partial charge on any atom is -0.480 e. The van der Waals surface area contributed by atoms with Crippen LogP contribution in [0.1, 0.15) is 69.9 Å². The van der Waals surface area contributed by atoms with Gasteiger partial charge in [-0.25, -0.2) is 4.79 Å². The molecule has 1 aliphatic rings. The van der Waals surface area contributed by atoms with Crippen LogP contribution in [0.5, 0.6) is 0 Å². The topological polar surface area (TPSA) is 95.9 Å². The average molecular weight is 481 g/mol. The zero-order valence-electron chi connectivity index (χ0n) is 20.8. The van der Waals surface area contributed by atoms with Crippen molar-refractivity contribution < 1.29 is 24.2 Å². The van der Waals surface area contributed by atoms with E-state index in [0.29, 0.717) is 12.8 Å². The number of unbranched alkanes of at least 4 members (excludes halogenated alkanes) is 1. The lowest BCUT2D eigenvalue weighted by atomic mass is 9.98. The standard InChI is InChI=1S/C28H36N2O5/c1-4-6-11-20(16-26(31)30(17-27(32)33)19(3)5-2)29-28(34)35-18-25-23-14-9-7-12-21(23)22-13-8-10-15-24(22)25/h7-10,12-15,19-20,25H,4-6,11,16-18H2,1-3H3,(H,29,34)(H,32,33)/t19?,20-/m1/s1. The highest BCUT2D eigenvalue weighted by molar-refractivity contribution is 5.82. The molecule has 2 aromatic rings. The lowest BCUT2D eigenvalue weighted by molar-refractivity contribution is -0.146.